The summed E-state index contributed by atoms with van der Waals surface area (Å²) in [5, 5.41) is 7.71. The zero-order valence-corrected chi connectivity index (χ0v) is 28.1. The van der Waals surface area contributed by atoms with Crippen LogP contribution in [0.4, 0.5) is 10.1 Å². The Labute approximate surface area is 276 Å². The summed E-state index contributed by atoms with van der Waals surface area (Å²) in [5.41, 5.74) is 4.02. The van der Waals surface area contributed by atoms with E-state index < -0.39 is 11.7 Å². The lowest BCUT2D eigenvalue weighted by atomic mass is 9.96. The summed E-state index contributed by atoms with van der Waals surface area (Å²) in [6.45, 7) is 5.83. The Morgan fingerprint density at radius 2 is 1.76 bits per heavy atom. The lowest BCUT2D eigenvalue weighted by Gasteiger charge is -2.17. The van der Waals surface area contributed by atoms with E-state index in [1.165, 1.54) is 28.9 Å². The summed E-state index contributed by atoms with van der Waals surface area (Å²) < 4.78 is 27.0. The van der Waals surface area contributed by atoms with E-state index >= 15 is 0 Å². The minimum absolute atomic E-state index is 0.174. The molecule has 0 atom stereocenters. The van der Waals surface area contributed by atoms with E-state index in [-0.39, 0.29) is 18.1 Å². The predicted octanol–water partition coefficient (Wildman–Crippen LogP) is 8.07. The van der Waals surface area contributed by atoms with Crippen molar-refractivity contribution in [3.63, 3.8) is 0 Å². The van der Waals surface area contributed by atoms with Gasteiger partial charge in [-0.3, -0.25) is 9.59 Å². The van der Waals surface area contributed by atoms with Gasteiger partial charge in [0.15, 0.2) is 12.4 Å². The number of amides is 1. The fourth-order valence-corrected chi connectivity index (χ4v) is 6.21. The van der Waals surface area contributed by atoms with Gasteiger partial charge in [-0.1, -0.05) is 26.0 Å². The van der Waals surface area contributed by atoms with Crippen LogP contribution in [0.3, 0.4) is 0 Å². The van der Waals surface area contributed by atoms with Crippen LogP contribution in [0.15, 0.2) is 91.6 Å². The first-order valence-electron chi connectivity index (χ1n) is 14.0. The Balaban J connectivity index is 1.48. The van der Waals surface area contributed by atoms with Crippen LogP contribution < -0.4 is 20.3 Å². The predicted molar refractivity (Wildman–Crippen MR) is 182 cm³/mol. The van der Waals surface area contributed by atoms with Gasteiger partial charge in [0.05, 0.1) is 33.2 Å². The van der Waals surface area contributed by atoms with Crippen molar-refractivity contribution in [3.8, 4) is 22.9 Å². The number of ether oxygens (including phenoxy) is 2. The molecule has 0 saturated heterocycles. The van der Waals surface area contributed by atoms with Gasteiger partial charge >= 0.3 is 0 Å². The van der Waals surface area contributed by atoms with E-state index in [1.54, 1.807) is 37.6 Å². The fraction of sp³-hybridized carbons (Fsp3) is 0.176. The van der Waals surface area contributed by atoms with Crippen LogP contribution in [0.1, 0.15) is 36.5 Å². The highest BCUT2D eigenvalue weighted by Crippen LogP contribution is 2.36. The maximum atomic E-state index is 13.8. The molecule has 1 N–H and O–H groups in total. The zero-order valence-electron chi connectivity index (χ0n) is 24.9. The molecule has 45 heavy (non-hydrogen) atoms. The Hall–Kier alpha value is -4.35. The van der Waals surface area contributed by atoms with Gasteiger partial charge in [-0.15, -0.1) is 0 Å². The molecule has 0 radical (unpaired) electrons. The van der Waals surface area contributed by atoms with Crippen LogP contribution in [-0.2, 0) is 4.79 Å². The quantitative estimate of drug-likeness (QED) is 0.155. The van der Waals surface area contributed by atoms with Crippen molar-refractivity contribution in [2.45, 2.75) is 26.7 Å². The molecule has 0 saturated carbocycles. The van der Waals surface area contributed by atoms with E-state index in [4.69, 9.17) is 14.5 Å². The van der Waals surface area contributed by atoms with Gasteiger partial charge in [-0.05, 0) is 122 Å². The molecule has 0 unspecified atom stereocenters. The largest absolute Gasteiger partial charge is 0.496 e. The number of anilines is 1. The number of carbonyl (C=O) groups is 1. The van der Waals surface area contributed by atoms with Crippen LogP contribution in [-0.4, -0.2) is 35.5 Å². The van der Waals surface area contributed by atoms with Crippen LogP contribution in [0.5, 0.6) is 11.5 Å². The number of hydrogen-bond acceptors (Lipinski definition) is 6. The second-order valence-corrected chi connectivity index (χ2v) is 12.2. The Kier molecular flexibility index (Phi) is 9.79. The van der Waals surface area contributed by atoms with Gasteiger partial charge in [0.25, 0.3) is 11.5 Å². The summed E-state index contributed by atoms with van der Waals surface area (Å²) in [6.07, 6.45) is 1.56. The van der Waals surface area contributed by atoms with Crippen LogP contribution in [0, 0.1) is 12.7 Å². The summed E-state index contributed by atoms with van der Waals surface area (Å²) in [5.74, 6) is 0.956. The number of nitrogens with one attached hydrogen (secondary N) is 1. The highest BCUT2D eigenvalue weighted by molar-refractivity contribution is 9.11. The first kappa shape index (κ1) is 32.1. The Morgan fingerprint density at radius 3 is 2.42 bits per heavy atom. The lowest BCUT2D eigenvalue weighted by Crippen LogP contribution is -2.21. The van der Waals surface area contributed by atoms with E-state index in [0.29, 0.717) is 42.7 Å². The van der Waals surface area contributed by atoms with Gasteiger partial charge in [-0.2, -0.15) is 9.78 Å². The minimum Gasteiger partial charge on any atom is -0.496 e. The zero-order chi connectivity index (χ0) is 32.2. The number of fused-ring (bicyclic) bond motifs is 1. The molecule has 1 amide bonds. The van der Waals surface area contributed by atoms with Crippen molar-refractivity contribution in [3.05, 3.63) is 115 Å². The SMILES string of the molecule is COc1cc(C)c(-c2nc3ccccc3c(=O)n2N=Cc2cc(Br)c(OCC(=O)Nc3ccc(F)cc3)c(Br)c2)cc1C(C)C. The van der Waals surface area contributed by atoms with Crippen molar-refractivity contribution < 1.29 is 18.7 Å². The highest BCUT2D eigenvalue weighted by atomic mass is 79.9. The molecule has 4 aromatic carbocycles. The number of carbonyl (C=O) groups excluding carboxylic acids is 1. The van der Waals surface area contributed by atoms with Crippen LogP contribution in [0.25, 0.3) is 22.3 Å². The number of hydrogen-bond donors (Lipinski definition) is 1. The Bertz CT molecular complexity index is 1970. The minimum atomic E-state index is -0.406. The summed E-state index contributed by atoms with van der Waals surface area (Å²) in [6, 6.07) is 20.1. The molecule has 5 aromatic rings. The maximum Gasteiger partial charge on any atom is 0.282 e. The third-order valence-corrected chi connectivity index (χ3v) is 8.19. The number of halogens is 3. The molecule has 0 fully saturated rings. The molecule has 0 aliphatic carbocycles. The fourth-order valence-electron chi connectivity index (χ4n) is 4.76. The number of nitrogens with zero attached hydrogens (tertiary/aromatic N) is 3. The Morgan fingerprint density at radius 1 is 1.07 bits per heavy atom. The number of benzene rings is 4. The third kappa shape index (κ3) is 7.15. The second kappa shape index (κ2) is 13.7. The number of rotatable bonds is 9. The first-order chi connectivity index (χ1) is 21.5. The van der Waals surface area contributed by atoms with Crippen molar-refractivity contribution in [1.29, 1.82) is 0 Å². The van der Waals surface area contributed by atoms with Crippen molar-refractivity contribution in [2.75, 3.05) is 19.0 Å². The van der Waals surface area contributed by atoms with Gasteiger partial charge in [0, 0.05) is 11.3 Å². The number of para-hydroxylation sites is 1. The molecular weight excluding hydrogens is 707 g/mol. The molecule has 0 aliphatic heterocycles. The van der Waals surface area contributed by atoms with E-state index in [0.717, 1.165) is 22.4 Å². The molecule has 0 bridgehead atoms. The average molecular weight is 736 g/mol. The molecule has 1 aromatic heterocycles. The topological polar surface area (TPSA) is 94.8 Å². The molecular formula is C34H29Br2FN4O4. The average Bonchev–Trinajstić information content (AvgIpc) is 3.01. The number of aromatic nitrogens is 2. The van der Waals surface area contributed by atoms with Crippen molar-refractivity contribution in [2.24, 2.45) is 5.10 Å². The summed E-state index contributed by atoms with van der Waals surface area (Å²) >= 11 is 7.02. The molecule has 230 valence electrons. The van der Waals surface area contributed by atoms with Gasteiger partial charge in [0.1, 0.15) is 17.3 Å². The molecule has 11 heteroatoms. The second-order valence-electron chi connectivity index (χ2n) is 10.5. The molecule has 5 rings (SSSR count). The summed E-state index contributed by atoms with van der Waals surface area (Å²) in [7, 11) is 1.64. The lowest BCUT2D eigenvalue weighted by molar-refractivity contribution is -0.118. The van der Waals surface area contributed by atoms with E-state index in [1.807, 2.05) is 31.2 Å². The van der Waals surface area contributed by atoms with Crippen molar-refractivity contribution >= 4 is 60.6 Å². The number of aryl methyl sites for hydroxylation is 1. The van der Waals surface area contributed by atoms with Gasteiger partial charge in [0.2, 0.25) is 0 Å². The molecule has 8 nitrogen and oxygen atoms in total. The molecule has 0 spiro atoms. The van der Waals surface area contributed by atoms with Crippen LogP contribution in [0.2, 0.25) is 0 Å². The van der Waals surface area contributed by atoms with Gasteiger partial charge in [-0.25, -0.2) is 9.37 Å². The normalized spacial score (nSPS) is 11.4. The smallest absolute Gasteiger partial charge is 0.282 e. The van der Waals surface area contributed by atoms with Gasteiger partial charge < -0.3 is 14.8 Å². The summed E-state index contributed by atoms with van der Waals surface area (Å²) in [4.78, 5) is 31.0. The molecule has 0 aliphatic rings. The van der Waals surface area contributed by atoms with Crippen LogP contribution >= 0.6 is 31.9 Å². The third-order valence-electron chi connectivity index (χ3n) is 7.01. The van der Waals surface area contributed by atoms with Crippen molar-refractivity contribution in [1.82, 2.24) is 9.66 Å². The standard InChI is InChI=1S/C34H29Br2FN4O4/c1-19(2)25-16-26(20(3)13-30(25)44-4)33-40-29-8-6-5-7-24(29)34(43)41(33)38-17-21-14-27(35)32(28(36)15-21)45-18-31(42)39-23-11-9-22(37)10-12-23/h5-17,19H,18H2,1-4H3,(H,39,42). The maximum absolute atomic E-state index is 13.8. The highest BCUT2D eigenvalue weighted by Gasteiger charge is 2.19. The monoisotopic (exact) mass is 734 g/mol. The molecule has 1 heterocycles. The van der Waals surface area contributed by atoms with E-state index in [2.05, 4.69) is 56.1 Å². The van der Waals surface area contributed by atoms with E-state index in [9.17, 15) is 14.0 Å². The first-order valence-corrected chi connectivity index (χ1v) is 15.6. The number of methoxy groups -OCH3 is 1.